The van der Waals surface area contributed by atoms with E-state index in [1.54, 1.807) is 11.0 Å². The molecule has 29 heavy (non-hydrogen) atoms. The normalized spacial score (nSPS) is 13.5. The fraction of sp³-hybridized carbons (Fsp3) is 0.318. The Kier molecular flexibility index (Phi) is 5.20. The van der Waals surface area contributed by atoms with Crippen molar-refractivity contribution in [2.75, 3.05) is 24.7 Å². The molecule has 0 unspecified atom stereocenters. The number of esters is 1. The van der Waals surface area contributed by atoms with Crippen LogP contribution in [0, 0.1) is 5.92 Å². The third-order valence-corrected chi connectivity index (χ3v) is 4.84. The molecular formula is C22H23N3O4. The Hall–Kier alpha value is -3.35. The van der Waals surface area contributed by atoms with Gasteiger partial charge in [-0.25, -0.2) is 4.79 Å². The van der Waals surface area contributed by atoms with Crippen molar-refractivity contribution in [3.05, 3.63) is 53.7 Å². The van der Waals surface area contributed by atoms with Crippen LogP contribution in [0.2, 0.25) is 0 Å². The van der Waals surface area contributed by atoms with Gasteiger partial charge in [0.25, 0.3) is 5.91 Å². The Morgan fingerprint density at radius 3 is 2.93 bits per heavy atom. The fourth-order valence-corrected chi connectivity index (χ4v) is 3.47. The summed E-state index contributed by atoms with van der Waals surface area (Å²) in [5.74, 6) is 0.556. The van der Waals surface area contributed by atoms with Gasteiger partial charge in [-0.2, -0.15) is 5.10 Å². The number of amides is 1. The number of carbonyl (C=O) groups is 2. The smallest absolute Gasteiger partial charge is 0.338 e. The van der Waals surface area contributed by atoms with Crippen LogP contribution in [0.3, 0.4) is 0 Å². The summed E-state index contributed by atoms with van der Waals surface area (Å²) >= 11 is 0. The quantitative estimate of drug-likeness (QED) is 0.649. The van der Waals surface area contributed by atoms with Gasteiger partial charge in [0, 0.05) is 11.1 Å². The maximum absolute atomic E-state index is 12.5. The number of hydrogen-bond acceptors (Lipinski definition) is 5. The maximum Gasteiger partial charge on any atom is 0.338 e. The van der Waals surface area contributed by atoms with Crippen LogP contribution >= 0.6 is 0 Å². The average Bonchev–Trinajstić information content (AvgIpc) is 3.11. The maximum atomic E-state index is 12.5. The summed E-state index contributed by atoms with van der Waals surface area (Å²) in [6.45, 7) is 4.63. The number of H-pyrrole nitrogens is 1. The van der Waals surface area contributed by atoms with Crippen molar-refractivity contribution in [2.24, 2.45) is 5.92 Å². The molecule has 0 radical (unpaired) electrons. The van der Waals surface area contributed by atoms with E-state index in [1.807, 2.05) is 36.4 Å². The topological polar surface area (TPSA) is 84.5 Å². The molecule has 3 aromatic rings. The predicted molar refractivity (Wildman–Crippen MR) is 109 cm³/mol. The first-order valence-electron chi connectivity index (χ1n) is 9.69. The molecule has 4 rings (SSSR count). The number of anilines is 1. The zero-order chi connectivity index (χ0) is 20.4. The number of carbonyl (C=O) groups excluding carboxylic acids is 2. The second-order valence-electron chi connectivity index (χ2n) is 7.47. The summed E-state index contributed by atoms with van der Waals surface area (Å²) in [6.07, 6.45) is 0.855. The molecule has 2 aromatic carbocycles. The summed E-state index contributed by atoms with van der Waals surface area (Å²) in [6, 6.07) is 12.7. The van der Waals surface area contributed by atoms with Crippen LogP contribution in [-0.4, -0.2) is 41.8 Å². The SMILES string of the molecule is CC(C)Cc1[nH]nc2ccc(C(=O)OCCN3C(=O)COc4ccccc43)cc12. The van der Waals surface area contributed by atoms with Crippen LogP contribution in [-0.2, 0) is 16.0 Å². The van der Waals surface area contributed by atoms with Gasteiger partial charge in [-0.3, -0.25) is 9.89 Å². The molecule has 0 saturated heterocycles. The Balaban J connectivity index is 1.43. The van der Waals surface area contributed by atoms with Gasteiger partial charge < -0.3 is 14.4 Å². The van der Waals surface area contributed by atoms with Crippen LogP contribution in [0.25, 0.3) is 10.9 Å². The minimum Gasteiger partial charge on any atom is -0.482 e. The molecule has 0 aliphatic carbocycles. The number of benzene rings is 2. The summed E-state index contributed by atoms with van der Waals surface area (Å²) in [7, 11) is 0. The lowest BCUT2D eigenvalue weighted by Crippen LogP contribution is -2.41. The lowest BCUT2D eigenvalue weighted by Gasteiger charge is -2.29. The van der Waals surface area contributed by atoms with Crippen molar-refractivity contribution in [3.63, 3.8) is 0 Å². The molecule has 2 heterocycles. The van der Waals surface area contributed by atoms with Gasteiger partial charge in [-0.05, 0) is 42.7 Å². The van der Waals surface area contributed by atoms with Crippen LogP contribution in [0.5, 0.6) is 5.75 Å². The molecule has 0 saturated carbocycles. The van der Waals surface area contributed by atoms with Crippen molar-refractivity contribution in [3.8, 4) is 5.75 Å². The number of nitrogens with zero attached hydrogens (tertiary/aromatic N) is 2. The van der Waals surface area contributed by atoms with Gasteiger partial charge in [0.2, 0.25) is 0 Å². The van der Waals surface area contributed by atoms with Gasteiger partial charge in [0.15, 0.2) is 6.61 Å². The van der Waals surface area contributed by atoms with E-state index < -0.39 is 5.97 Å². The Morgan fingerprint density at radius 1 is 1.28 bits per heavy atom. The average molecular weight is 393 g/mol. The number of aromatic nitrogens is 2. The van der Waals surface area contributed by atoms with E-state index in [9.17, 15) is 9.59 Å². The highest BCUT2D eigenvalue weighted by Gasteiger charge is 2.25. The van der Waals surface area contributed by atoms with E-state index in [0.717, 1.165) is 23.0 Å². The van der Waals surface area contributed by atoms with Crippen molar-refractivity contribution in [2.45, 2.75) is 20.3 Å². The van der Waals surface area contributed by atoms with E-state index in [4.69, 9.17) is 9.47 Å². The minimum atomic E-state index is -0.419. The minimum absolute atomic E-state index is 0.0132. The largest absolute Gasteiger partial charge is 0.482 e. The van der Waals surface area contributed by atoms with E-state index in [0.29, 0.717) is 22.9 Å². The van der Waals surface area contributed by atoms with E-state index in [1.165, 1.54) is 0 Å². The first-order chi connectivity index (χ1) is 14.0. The molecule has 150 valence electrons. The molecular weight excluding hydrogens is 370 g/mol. The third-order valence-electron chi connectivity index (χ3n) is 4.84. The summed E-state index contributed by atoms with van der Waals surface area (Å²) < 4.78 is 10.9. The molecule has 1 amide bonds. The van der Waals surface area contributed by atoms with Gasteiger partial charge in [0.05, 0.1) is 23.3 Å². The lowest BCUT2D eigenvalue weighted by atomic mass is 10.0. The molecule has 0 bridgehead atoms. The van der Waals surface area contributed by atoms with Crippen molar-refractivity contribution in [1.82, 2.24) is 10.2 Å². The molecule has 1 aromatic heterocycles. The standard InChI is InChI=1S/C22H23N3O4/c1-14(2)11-18-16-12-15(7-8-17(16)23-24-18)22(27)28-10-9-25-19-5-3-4-6-20(19)29-13-21(25)26/h3-8,12,14H,9-11,13H2,1-2H3,(H,23,24). The number of ether oxygens (including phenoxy) is 2. The fourth-order valence-electron chi connectivity index (χ4n) is 3.47. The van der Waals surface area contributed by atoms with Gasteiger partial charge in [-0.1, -0.05) is 26.0 Å². The molecule has 0 spiro atoms. The summed E-state index contributed by atoms with van der Waals surface area (Å²) in [5.41, 5.74) is 3.00. The summed E-state index contributed by atoms with van der Waals surface area (Å²) in [5, 5.41) is 8.28. The number of rotatable bonds is 6. The molecule has 1 aliphatic rings. The van der Waals surface area contributed by atoms with Crippen molar-refractivity contribution in [1.29, 1.82) is 0 Å². The monoisotopic (exact) mass is 393 g/mol. The molecule has 0 atom stereocenters. The lowest BCUT2D eigenvalue weighted by molar-refractivity contribution is -0.121. The van der Waals surface area contributed by atoms with Crippen LogP contribution in [0.1, 0.15) is 29.9 Å². The number of fused-ring (bicyclic) bond motifs is 2. The second kappa shape index (κ2) is 7.95. The zero-order valence-electron chi connectivity index (χ0n) is 16.5. The Labute approximate surface area is 168 Å². The van der Waals surface area contributed by atoms with Gasteiger partial charge in [-0.15, -0.1) is 0 Å². The first-order valence-corrected chi connectivity index (χ1v) is 9.69. The Bertz CT molecular complexity index is 1060. The predicted octanol–water partition coefficient (Wildman–Crippen LogP) is 3.34. The molecule has 7 heteroatoms. The second-order valence-corrected chi connectivity index (χ2v) is 7.47. The summed E-state index contributed by atoms with van der Waals surface area (Å²) in [4.78, 5) is 26.3. The van der Waals surface area contributed by atoms with Crippen molar-refractivity contribution >= 4 is 28.5 Å². The van der Waals surface area contributed by atoms with E-state index in [-0.39, 0.29) is 25.7 Å². The first kappa shape index (κ1) is 19.0. The highest BCUT2D eigenvalue weighted by molar-refractivity contribution is 5.98. The van der Waals surface area contributed by atoms with Crippen LogP contribution < -0.4 is 9.64 Å². The van der Waals surface area contributed by atoms with Gasteiger partial charge in [0.1, 0.15) is 12.4 Å². The Morgan fingerprint density at radius 2 is 2.10 bits per heavy atom. The van der Waals surface area contributed by atoms with Crippen molar-refractivity contribution < 1.29 is 19.1 Å². The zero-order valence-corrected chi connectivity index (χ0v) is 16.5. The highest BCUT2D eigenvalue weighted by Crippen LogP contribution is 2.31. The molecule has 1 aliphatic heterocycles. The highest BCUT2D eigenvalue weighted by atomic mass is 16.5. The third kappa shape index (κ3) is 3.94. The number of aromatic amines is 1. The van der Waals surface area contributed by atoms with Crippen LogP contribution in [0.15, 0.2) is 42.5 Å². The molecule has 0 fully saturated rings. The molecule has 7 nitrogen and oxygen atoms in total. The van der Waals surface area contributed by atoms with Crippen LogP contribution in [0.4, 0.5) is 5.69 Å². The molecule has 1 N–H and O–H groups in total. The number of nitrogens with one attached hydrogen (secondary N) is 1. The van der Waals surface area contributed by atoms with E-state index >= 15 is 0 Å². The number of hydrogen-bond donors (Lipinski definition) is 1. The number of para-hydroxylation sites is 2. The van der Waals surface area contributed by atoms with E-state index in [2.05, 4.69) is 24.0 Å². The van der Waals surface area contributed by atoms with Gasteiger partial charge >= 0.3 is 5.97 Å².